The Kier molecular flexibility index (Phi) is 29.9. The average Bonchev–Trinajstić information content (AvgIpc) is 3.44. The zero-order valence-corrected chi connectivity index (χ0v) is 25.9. The van der Waals surface area contributed by atoms with Crippen molar-refractivity contribution in [2.24, 2.45) is 0 Å². The standard InChI is InChI=1S/C18H33P.C5H5.C4H9B.2CO.Mn.Pd/c1-4-10-16(11-5-1)19(17-12-6-2-7-13-17)18-14-8-3-9-15-18;1-2-4-5-3-1;1-4(2,3)5;2*1-2;;/h16-18H,1-15H2;1-5H;1-3H3;;;;/q;-1;;;;;. The molecule has 2 nitrogen and oxygen atoms in total. The van der Waals surface area contributed by atoms with E-state index in [2.05, 4.69) is 13.3 Å². The molecule has 3 saturated carbocycles. The van der Waals surface area contributed by atoms with Gasteiger partial charge in [-0.15, -0.1) is 0 Å². The number of hydrogen-bond acceptors (Lipinski definition) is 0. The zero-order chi connectivity index (χ0) is 25.0. The average molecular weight is 631 g/mol. The second kappa shape index (κ2) is 26.1. The van der Waals surface area contributed by atoms with Gasteiger partial charge in [0.1, 0.15) is 0 Å². The van der Waals surface area contributed by atoms with Crippen LogP contribution in [-0.4, -0.2) is 24.8 Å². The van der Waals surface area contributed by atoms with Gasteiger partial charge in [0.15, 0.2) is 0 Å². The molecule has 6 heteroatoms. The monoisotopic (exact) mass is 630 g/mol. The van der Waals surface area contributed by atoms with Crippen LogP contribution in [0.2, 0.25) is 5.31 Å². The molecule has 1 aromatic carbocycles. The summed E-state index contributed by atoms with van der Waals surface area (Å²) in [5.74, 6) is 0. The normalized spacial score (nSPS) is 18.6. The van der Waals surface area contributed by atoms with Gasteiger partial charge in [0, 0.05) is 37.5 Å². The van der Waals surface area contributed by atoms with Crippen LogP contribution >= 0.6 is 7.92 Å². The first-order valence-corrected chi connectivity index (χ1v) is 14.6. The van der Waals surface area contributed by atoms with Crippen LogP contribution in [0.15, 0.2) is 30.3 Å². The summed E-state index contributed by atoms with van der Waals surface area (Å²) in [6.07, 6.45) is 23.6. The van der Waals surface area contributed by atoms with Crippen LogP contribution in [0.3, 0.4) is 0 Å². The van der Waals surface area contributed by atoms with Crippen LogP contribution in [0.5, 0.6) is 0 Å². The molecule has 0 aliphatic heterocycles. The van der Waals surface area contributed by atoms with Crippen LogP contribution in [0.1, 0.15) is 117 Å². The molecule has 0 saturated heterocycles. The molecule has 3 aliphatic carbocycles. The zero-order valence-electron chi connectivity index (χ0n) is 22.3. The SMILES string of the molecule is C1CCC(P(C2CCCCC2)C2CCCCC2)CC1.[B]C(C)(C)C.[C-]#[O+].[C-]#[O+].[Mn].[Pd].c1cc[cH-]c1. The predicted molar refractivity (Wildman–Crippen MR) is 143 cm³/mol. The molecule has 35 heavy (non-hydrogen) atoms. The van der Waals surface area contributed by atoms with Crippen molar-refractivity contribution in [3.63, 3.8) is 0 Å². The third-order valence-electron chi connectivity index (χ3n) is 6.54. The van der Waals surface area contributed by atoms with Gasteiger partial charge in [-0.2, -0.15) is 18.2 Å². The quantitative estimate of drug-likeness (QED) is 0.138. The second-order valence-electron chi connectivity index (χ2n) is 10.7. The minimum absolute atomic E-state index is 0. The Bertz CT molecular complexity index is 498. The Labute approximate surface area is 244 Å². The second-order valence-corrected chi connectivity index (χ2v) is 13.7. The fraction of sp³-hybridized carbons (Fsp3) is 0.759. The van der Waals surface area contributed by atoms with Gasteiger partial charge >= 0.3 is 22.6 Å². The molecule has 0 spiro atoms. The molecule has 0 amide bonds. The van der Waals surface area contributed by atoms with Gasteiger partial charge < -0.3 is 0 Å². The molecule has 0 heterocycles. The molecule has 0 N–H and O–H groups in total. The summed E-state index contributed by atoms with van der Waals surface area (Å²) in [4.78, 5) is 0. The molecule has 0 atom stereocenters. The van der Waals surface area contributed by atoms with Crippen molar-refractivity contribution in [3.8, 4) is 0 Å². The minimum Gasteiger partial charge on any atom is -0.214 e. The van der Waals surface area contributed by atoms with Crippen molar-refractivity contribution >= 4 is 15.8 Å². The largest absolute Gasteiger partial charge is 0.214 e. The van der Waals surface area contributed by atoms with Crippen molar-refractivity contribution < 1.29 is 46.8 Å². The maximum Gasteiger partial charge on any atom is 0 e. The molecule has 4 rings (SSSR count). The van der Waals surface area contributed by atoms with Crippen molar-refractivity contribution in [1.82, 2.24) is 0 Å². The predicted octanol–water partition coefficient (Wildman–Crippen LogP) is 9.17. The summed E-state index contributed by atoms with van der Waals surface area (Å²) in [6.45, 7) is 14.9. The third-order valence-corrected chi connectivity index (χ3v) is 10.6. The first kappa shape index (κ1) is 40.0. The molecular weight excluding hydrogens is 583 g/mol. The summed E-state index contributed by atoms with van der Waals surface area (Å²) >= 11 is 0. The maximum atomic E-state index is 7.50. The van der Waals surface area contributed by atoms with Crippen LogP contribution in [0, 0.1) is 13.3 Å². The van der Waals surface area contributed by atoms with Gasteiger partial charge in [0.2, 0.25) is 0 Å². The summed E-state index contributed by atoms with van der Waals surface area (Å²) in [7, 11) is 5.74. The molecule has 0 bridgehead atoms. The van der Waals surface area contributed by atoms with E-state index in [0.29, 0.717) is 7.92 Å². The summed E-state index contributed by atoms with van der Waals surface area (Å²) in [6, 6.07) is 10.0. The van der Waals surface area contributed by atoms with E-state index in [1.807, 2.05) is 51.1 Å². The van der Waals surface area contributed by atoms with Crippen molar-refractivity contribution in [2.75, 3.05) is 0 Å². The van der Waals surface area contributed by atoms with E-state index in [1.165, 1.54) is 36.2 Å². The van der Waals surface area contributed by atoms with Gasteiger partial charge in [-0.1, -0.05) is 91.8 Å². The maximum absolute atomic E-state index is 7.50. The molecule has 201 valence electrons. The Morgan fingerprint density at radius 1 is 0.657 bits per heavy atom. The molecular formula is C29H47BMnO2PPd-. The van der Waals surface area contributed by atoms with E-state index in [0.717, 1.165) is 0 Å². The van der Waals surface area contributed by atoms with Crippen LogP contribution in [-0.2, 0) is 46.8 Å². The molecule has 0 unspecified atom stereocenters. The van der Waals surface area contributed by atoms with E-state index in [-0.39, 0.29) is 42.8 Å². The van der Waals surface area contributed by atoms with E-state index in [4.69, 9.17) is 17.2 Å². The van der Waals surface area contributed by atoms with Gasteiger partial charge in [0.05, 0.1) is 7.85 Å². The summed E-state index contributed by atoms with van der Waals surface area (Å²) in [5.41, 5.74) is 3.57. The van der Waals surface area contributed by atoms with Crippen LogP contribution in [0.4, 0.5) is 0 Å². The number of rotatable bonds is 3. The van der Waals surface area contributed by atoms with E-state index in [1.54, 1.807) is 77.0 Å². The Balaban J connectivity index is -0.000000535. The molecule has 1 aromatic rings. The number of hydrogen-bond donors (Lipinski definition) is 0. The van der Waals surface area contributed by atoms with Gasteiger partial charge in [-0.25, -0.2) is 12.1 Å². The first-order valence-electron chi connectivity index (χ1n) is 13.1. The fourth-order valence-electron chi connectivity index (χ4n) is 5.35. The molecule has 3 fully saturated rings. The van der Waals surface area contributed by atoms with Gasteiger partial charge in [-0.3, -0.25) is 0 Å². The van der Waals surface area contributed by atoms with Crippen molar-refractivity contribution in [2.45, 2.75) is 139 Å². The Morgan fingerprint density at radius 2 is 0.886 bits per heavy atom. The van der Waals surface area contributed by atoms with Crippen LogP contribution in [0.25, 0.3) is 0 Å². The van der Waals surface area contributed by atoms with Gasteiger partial charge in [-0.05, 0) is 55.5 Å². The first-order chi connectivity index (χ1) is 15.9. The van der Waals surface area contributed by atoms with E-state index < -0.39 is 0 Å². The summed E-state index contributed by atoms with van der Waals surface area (Å²) in [5, 5.41) is 0. The Hall–Kier alpha value is 0.507. The summed E-state index contributed by atoms with van der Waals surface area (Å²) < 4.78 is 15.0. The molecule has 3 radical (unpaired) electrons. The van der Waals surface area contributed by atoms with E-state index in [9.17, 15) is 0 Å². The third kappa shape index (κ3) is 21.2. The van der Waals surface area contributed by atoms with Gasteiger partial charge in [0.25, 0.3) is 0 Å². The minimum atomic E-state index is 0. The smallest absolute Gasteiger partial charge is 0 e. The topological polar surface area (TPSA) is 39.8 Å². The van der Waals surface area contributed by atoms with Crippen molar-refractivity contribution in [1.29, 1.82) is 0 Å². The van der Waals surface area contributed by atoms with Crippen molar-refractivity contribution in [3.05, 3.63) is 43.6 Å². The van der Waals surface area contributed by atoms with Crippen LogP contribution < -0.4 is 0 Å². The fourth-order valence-corrected chi connectivity index (χ4v) is 10.0. The Morgan fingerprint density at radius 3 is 1.06 bits per heavy atom. The van der Waals surface area contributed by atoms with E-state index >= 15 is 0 Å². The molecule has 0 aromatic heterocycles. The molecule has 3 aliphatic rings.